The number of nitrogens with one attached hydrogen (secondary N) is 1. The van der Waals surface area contributed by atoms with Crippen molar-refractivity contribution in [1.29, 1.82) is 0 Å². The van der Waals surface area contributed by atoms with Crippen molar-refractivity contribution < 1.29 is 14.6 Å². The van der Waals surface area contributed by atoms with Crippen LogP contribution in [0.3, 0.4) is 0 Å². The van der Waals surface area contributed by atoms with Crippen molar-refractivity contribution in [3.8, 4) is 5.75 Å². The maximum absolute atomic E-state index is 8.55. The van der Waals surface area contributed by atoms with Gasteiger partial charge in [0, 0.05) is 12.1 Å². The average Bonchev–Trinajstić information content (AvgIpc) is 2.32. The highest BCUT2D eigenvalue weighted by Gasteiger charge is 2.07. The van der Waals surface area contributed by atoms with E-state index in [0.29, 0.717) is 37.1 Å². The van der Waals surface area contributed by atoms with E-state index in [2.05, 4.69) is 5.32 Å². The lowest BCUT2D eigenvalue weighted by Crippen LogP contribution is -2.12. The van der Waals surface area contributed by atoms with Crippen LogP contribution in [0.2, 0.25) is 5.02 Å². The Kier molecular flexibility index (Phi) is 6.96. The molecule has 0 saturated carbocycles. The van der Waals surface area contributed by atoms with Crippen LogP contribution in [-0.2, 0) is 11.3 Å². The first kappa shape index (κ1) is 14.3. The van der Waals surface area contributed by atoms with Gasteiger partial charge in [0.2, 0.25) is 0 Å². The molecule has 1 aromatic carbocycles. The Morgan fingerprint density at radius 2 is 2.12 bits per heavy atom. The zero-order chi connectivity index (χ0) is 12.5. The maximum Gasteiger partial charge on any atom is 0.142 e. The number of para-hydroxylation sites is 1. The largest absolute Gasteiger partial charge is 0.489 e. The second-order valence-electron chi connectivity index (χ2n) is 3.44. The molecule has 4 nitrogen and oxygen atoms in total. The van der Waals surface area contributed by atoms with Gasteiger partial charge >= 0.3 is 0 Å². The van der Waals surface area contributed by atoms with E-state index >= 15 is 0 Å². The molecule has 0 bridgehead atoms. The van der Waals surface area contributed by atoms with Crippen LogP contribution in [0.5, 0.6) is 5.75 Å². The Morgan fingerprint density at radius 3 is 2.82 bits per heavy atom. The predicted molar refractivity (Wildman–Crippen MR) is 67.6 cm³/mol. The van der Waals surface area contributed by atoms with Crippen LogP contribution in [0.25, 0.3) is 0 Å². The van der Waals surface area contributed by atoms with Gasteiger partial charge in [-0.05, 0) is 13.1 Å². The minimum Gasteiger partial charge on any atom is -0.489 e. The van der Waals surface area contributed by atoms with Gasteiger partial charge in [-0.15, -0.1) is 0 Å². The van der Waals surface area contributed by atoms with Crippen molar-refractivity contribution in [3.63, 3.8) is 0 Å². The van der Waals surface area contributed by atoms with Gasteiger partial charge in [-0.25, -0.2) is 0 Å². The molecule has 0 aliphatic rings. The van der Waals surface area contributed by atoms with Crippen molar-refractivity contribution in [2.24, 2.45) is 0 Å². The van der Waals surface area contributed by atoms with Gasteiger partial charge in [0.05, 0.1) is 24.8 Å². The number of ether oxygens (including phenoxy) is 2. The van der Waals surface area contributed by atoms with E-state index < -0.39 is 0 Å². The zero-order valence-corrected chi connectivity index (χ0v) is 10.7. The first-order chi connectivity index (χ1) is 8.29. The standard InChI is InChI=1S/C12H18ClNO3/c1-14-9-10-3-2-4-11(13)12(10)17-8-7-16-6-5-15/h2-4,14-15H,5-9H2,1H3. The van der Waals surface area contributed by atoms with E-state index in [1.165, 1.54) is 0 Å². The first-order valence-corrected chi connectivity index (χ1v) is 5.90. The number of halogens is 1. The number of aliphatic hydroxyl groups excluding tert-OH is 1. The molecule has 17 heavy (non-hydrogen) atoms. The van der Waals surface area contributed by atoms with Crippen molar-refractivity contribution in [3.05, 3.63) is 28.8 Å². The number of hydrogen-bond acceptors (Lipinski definition) is 4. The number of hydrogen-bond donors (Lipinski definition) is 2. The summed E-state index contributed by atoms with van der Waals surface area (Å²) >= 11 is 6.07. The van der Waals surface area contributed by atoms with Gasteiger partial charge in [0.15, 0.2) is 0 Å². The molecular weight excluding hydrogens is 242 g/mol. The smallest absolute Gasteiger partial charge is 0.142 e. The molecule has 96 valence electrons. The van der Waals surface area contributed by atoms with Gasteiger partial charge in [-0.3, -0.25) is 0 Å². The van der Waals surface area contributed by atoms with E-state index in [0.717, 1.165) is 5.56 Å². The average molecular weight is 260 g/mol. The molecule has 0 aliphatic carbocycles. The van der Waals surface area contributed by atoms with E-state index in [4.69, 9.17) is 26.2 Å². The minimum absolute atomic E-state index is 0.0249. The fourth-order valence-electron chi connectivity index (χ4n) is 1.41. The Hall–Kier alpha value is -0.810. The van der Waals surface area contributed by atoms with Crippen LogP contribution in [0, 0.1) is 0 Å². The molecule has 0 aromatic heterocycles. The highest BCUT2D eigenvalue weighted by Crippen LogP contribution is 2.28. The van der Waals surface area contributed by atoms with Gasteiger partial charge < -0.3 is 19.9 Å². The molecule has 5 heteroatoms. The van der Waals surface area contributed by atoms with Crippen molar-refractivity contribution >= 4 is 11.6 Å². The number of aliphatic hydroxyl groups is 1. The Bertz CT molecular complexity index is 334. The summed E-state index contributed by atoms with van der Waals surface area (Å²) in [6.45, 7) is 1.91. The lowest BCUT2D eigenvalue weighted by Gasteiger charge is -2.12. The molecular formula is C12H18ClNO3. The van der Waals surface area contributed by atoms with E-state index in [9.17, 15) is 0 Å². The normalized spacial score (nSPS) is 10.5. The molecule has 0 spiro atoms. The molecule has 0 heterocycles. The Balaban J connectivity index is 2.50. The summed E-state index contributed by atoms with van der Waals surface area (Å²) in [6, 6.07) is 5.65. The molecule has 0 aliphatic heterocycles. The summed E-state index contributed by atoms with van der Waals surface area (Å²) in [7, 11) is 1.87. The van der Waals surface area contributed by atoms with Gasteiger partial charge in [0.25, 0.3) is 0 Å². The second kappa shape index (κ2) is 8.31. The molecule has 0 atom stereocenters. The van der Waals surface area contributed by atoms with Crippen LogP contribution in [0.1, 0.15) is 5.56 Å². The molecule has 2 N–H and O–H groups in total. The van der Waals surface area contributed by atoms with Crippen molar-refractivity contribution in [2.75, 3.05) is 33.5 Å². The summed E-state index contributed by atoms with van der Waals surface area (Å²) in [5.41, 5.74) is 1.02. The first-order valence-electron chi connectivity index (χ1n) is 5.53. The summed E-state index contributed by atoms with van der Waals surface area (Å²) < 4.78 is 10.7. The van der Waals surface area contributed by atoms with Crippen LogP contribution in [-0.4, -0.2) is 38.6 Å². The molecule has 0 fully saturated rings. The van der Waals surface area contributed by atoms with Crippen molar-refractivity contribution in [1.82, 2.24) is 5.32 Å². The third-order valence-electron chi connectivity index (χ3n) is 2.13. The topological polar surface area (TPSA) is 50.7 Å². The third-order valence-corrected chi connectivity index (χ3v) is 2.42. The lowest BCUT2D eigenvalue weighted by atomic mass is 10.2. The van der Waals surface area contributed by atoms with Gasteiger partial charge in [-0.2, -0.15) is 0 Å². The van der Waals surface area contributed by atoms with Crippen molar-refractivity contribution in [2.45, 2.75) is 6.54 Å². The van der Waals surface area contributed by atoms with E-state index in [-0.39, 0.29) is 6.61 Å². The summed E-state index contributed by atoms with van der Waals surface area (Å²) in [5.74, 6) is 0.691. The van der Waals surface area contributed by atoms with Gasteiger partial charge in [-0.1, -0.05) is 23.7 Å². The maximum atomic E-state index is 8.55. The molecule has 0 radical (unpaired) electrons. The lowest BCUT2D eigenvalue weighted by molar-refractivity contribution is 0.0703. The van der Waals surface area contributed by atoms with Crippen LogP contribution in [0.15, 0.2) is 18.2 Å². The molecule has 0 amide bonds. The third kappa shape index (κ3) is 4.91. The molecule has 0 unspecified atom stereocenters. The Morgan fingerprint density at radius 1 is 1.29 bits per heavy atom. The summed E-state index contributed by atoms with van der Waals surface area (Å²) in [4.78, 5) is 0. The quantitative estimate of drug-likeness (QED) is 0.694. The Labute approximate surface area is 106 Å². The molecule has 1 aromatic rings. The molecule has 0 saturated heterocycles. The monoisotopic (exact) mass is 259 g/mol. The fourth-order valence-corrected chi connectivity index (χ4v) is 1.66. The zero-order valence-electron chi connectivity index (χ0n) is 9.91. The second-order valence-corrected chi connectivity index (χ2v) is 3.85. The minimum atomic E-state index is 0.0249. The fraction of sp³-hybridized carbons (Fsp3) is 0.500. The highest BCUT2D eigenvalue weighted by atomic mass is 35.5. The molecule has 1 rings (SSSR count). The van der Waals surface area contributed by atoms with Gasteiger partial charge in [0.1, 0.15) is 12.4 Å². The number of benzene rings is 1. The summed E-state index contributed by atoms with van der Waals surface area (Å²) in [5, 5.41) is 12.2. The summed E-state index contributed by atoms with van der Waals surface area (Å²) in [6.07, 6.45) is 0. The van der Waals surface area contributed by atoms with Crippen LogP contribution in [0.4, 0.5) is 0 Å². The SMILES string of the molecule is CNCc1cccc(Cl)c1OCCOCCO. The van der Waals surface area contributed by atoms with E-state index in [1.807, 2.05) is 19.2 Å². The highest BCUT2D eigenvalue weighted by molar-refractivity contribution is 6.32. The number of rotatable bonds is 8. The van der Waals surface area contributed by atoms with Crippen LogP contribution < -0.4 is 10.1 Å². The van der Waals surface area contributed by atoms with Crippen LogP contribution >= 0.6 is 11.6 Å². The predicted octanol–water partition coefficient (Wildman–Crippen LogP) is 1.45. The van der Waals surface area contributed by atoms with E-state index in [1.54, 1.807) is 6.07 Å².